The van der Waals surface area contributed by atoms with Gasteiger partial charge in [0.1, 0.15) is 0 Å². The summed E-state index contributed by atoms with van der Waals surface area (Å²) in [5.41, 5.74) is 9.30. The van der Waals surface area contributed by atoms with Crippen LogP contribution >= 0.6 is 0 Å². The maximum Gasteiger partial charge on any atom is 0.0678 e. The van der Waals surface area contributed by atoms with Crippen molar-refractivity contribution < 1.29 is 4.74 Å². The first-order chi connectivity index (χ1) is 9.15. The van der Waals surface area contributed by atoms with Crippen molar-refractivity contribution in [2.45, 2.75) is 51.0 Å². The number of ether oxygens (including phenoxy) is 1. The molecule has 3 heteroatoms. The minimum absolute atomic E-state index is 0.141. The van der Waals surface area contributed by atoms with Gasteiger partial charge >= 0.3 is 0 Å². The van der Waals surface area contributed by atoms with Crippen molar-refractivity contribution in [3.8, 4) is 0 Å². The zero-order valence-electron chi connectivity index (χ0n) is 11.9. The molecular weight excluding hydrogens is 236 g/mol. The van der Waals surface area contributed by atoms with Gasteiger partial charge in [0, 0.05) is 25.2 Å². The Hall–Kier alpha value is -0.900. The summed E-state index contributed by atoms with van der Waals surface area (Å²) in [4.78, 5) is 2.54. The van der Waals surface area contributed by atoms with Crippen molar-refractivity contribution in [3.05, 3.63) is 35.4 Å². The molecule has 0 amide bonds. The van der Waals surface area contributed by atoms with E-state index >= 15 is 0 Å². The highest BCUT2D eigenvalue weighted by atomic mass is 16.5. The van der Waals surface area contributed by atoms with Crippen molar-refractivity contribution in [1.29, 1.82) is 0 Å². The highest BCUT2D eigenvalue weighted by Crippen LogP contribution is 2.32. The Bertz CT molecular complexity index is 438. The van der Waals surface area contributed by atoms with Crippen LogP contribution in [-0.4, -0.2) is 36.2 Å². The van der Waals surface area contributed by atoms with E-state index in [1.54, 1.807) is 0 Å². The minimum Gasteiger partial charge on any atom is -0.373 e. The fraction of sp³-hybridized carbons (Fsp3) is 0.625. The Balaban J connectivity index is 1.80. The Morgan fingerprint density at radius 2 is 1.84 bits per heavy atom. The Labute approximate surface area is 115 Å². The number of hydrogen-bond donors (Lipinski definition) is 1. The summed E-state index contributed by atoms with van der Waals surface area (Å²) in [7, 11) is 0. The van der Waals surface area contributed by atoms with Crippen molar-refractivity contribution >= 4 is 0 Å². The van der Waals surface area contributed by atoms with Crippen LogP contribution in [0.5, 0.6) is 0 Å². The summed E-state index contributed by atoms with van der Waals surface area (Å²) in [6.07, 6.45) is 2.94. The van der Waals surface area contributed by atoms with E-state index in [2.05, 4.69) is 43.0 Å². The molecule has 1 aromatic rings. The van der Waals surface area contributed by atoms with Gasteiger partial charge in [0.25, 0.3) is 0 Å². The molecule has 1 saturated heterocycles. The predicted octanol–water partition coefficient (Wildman–Crippen LogP) is 2.11. The van der Waals surface area contributed by atoms with E-state index < -0.39 is 0 Å². The number of nitrogens with zero attached hydrogens (tertiary/aromatic N) is 1. The summed E-state index contributed by atoms with van der Waals surface area (Å²) in [5.74, 6) is 0. The molecule has 19 heavy (non-hydrogen) atoms. The fourth-order valence-electron chi connectivity index (χ4n) is 3.68. The SMILES string of the molecule is CC1CN(C2CCc3ccccc3C2N)CC(C)O1. The second kappa shape index (κ2) is 5.23. The van der Waals surface area contributed by atoms with Gasteiger partial charge in [-0.3, -0.25) is 4.90 Å². The fourth-order valence-corrected chi connectivity index (χ4v) is 3.68. The molecule has 1 heterocycles. The molecule has 3 rings (SSSR count). The van der Waals surface area contributed by atoms with E-state index in [0.29, 0.717) is 18.2 Å². The van der Waals surface area contributed by atoms with Gasteiger partial charge in [-0.05, 0) is 37.8 Å². The molecule has 2 aliphatic rings. The van der Waals surface area contributed by atoms with E-state index in [1.807, 2.05) is 0 Å². The van der Waals surface area contributed by atoms with Crippen LogP contribution < -0.4 is 5.73 Å². The molecule has 4 unspecified atom stereocenters. The number of rotatable bonds is 1. The second-order valence-corrected chi connectivity index (χ2v) is 6.04. The average molecular weight is 260 g/mol. The Kier molecular flexibility index (Phi) is 3.61. The van der Waals surface area contributed by atoms with Gasteiger partial charge in [0.05, 0.1) is 12.2 Å². The van der Waals surface area contributed by atoms with E-state index in [1.165, 1.54) is 11.1 Å². The molecule has 104 valence electrons. The predicted molar refractivity (Wildman–Crippen MR) is 77.1 cm³/mol. The number of morpholine rings is 1. The van der Waals surface area contributed by atoms with E-state index in [-0.39, 0.29) is 6.04 Å². The van der Waals surface area contributed by atoms with Crippen LogP contribution in [0.4, 0.5) is 0 Å². The molecule has 1 aliphatic heterocycles. The highest BCUT2D eigenvalue weighted by Gasteiger charge is 2.34. The number of benzene rings is 1. The second-order valence-electron chi connectivity index (χ2n) is 6.04. The van der Waals surface area contributed by atoms with E-state index in [9.17, 15) is 0 Å². The zero-order chi connectivity index (χ0) is 13.4. The quantitative estimate of drug-likeness (QED) is 0.840. The molecular formula is C16H24N2O. The van der Waals surface area contributed by atoms with Crippen molar-refractivity contribution in [2.24, 2.45) is 5.73 Å². The zero-order valence-corrected chi connectivity index (χ0v) is 11.9. The molecule has 0 saturated carbocycles. The lowest BCUT2D eigenvalue weighted by atomic mass is 9.83. The van der Waals surface area contributed by atoms with Crippen LogP contribution in [0.3, 0.4) is 0 Å². The first-order valence-corrected chi connectivity index (χ1v) is 7.38. The van der Waals surface area contributed by atoms with Crippen LogP contribution in [0.25, 0.3) is 0 Å². The normalized spacial score (nSPS) is 35.9. The first-order valence-electron chi connectivity index (χ1n) is 7.38. The third-order valence-electron chi connectivity index (χ3n) is 4.46. The molecule has 0 spiro atoms. The number of aryl methyl sites for hydroxylation is 1. The molecule has 1 fully saturated rings. The molecule has 1 aromatic carbocycles. The van der Waals surface area contributed by atoms with Crippen molar-refractivity contribution in [2.75, 3.05) is 13.1 Å². The Morgan fingerprint density at radius 3 is 2.58 bits per heavy atom. The lowest BCUT2D eigenvalue weighted by molar-refractivity contribution is -0.0847. The third-order valence-corrected chi connectivity index (χ3v) is 4.46. The van der Waals surface area contributed by atoms with Crippen LogP contribution in [0.2, 0.25) is 0 Å². The van der Waals surface area contributed by atoms with Crippen LogP contribution in [0.1, 0.15) is 37.4 Å². The average Bonchev–Trinajstić information content (AvgIpc) is 2.38. The molecule has 4 atom stereocenters. The van der Waals surface area contributed by atoms with Gasteiger partial charge in [-0.15, -0.1) is 0 Å². The number of fused-ring (bicyclic) bond motifs is 1. The summed E-state index contributed by atoms with van der Waals surface area (Å²) >= 11 is 0. The maximum absolute atomic E-state index is 6.53. The summed E-state index contributed by atoms with van der Waals surface area (Å²) in [6, 6.07) is 9.23. The standard InChI is InChI=1S/C16H24N2O/c1-11-9-18(10-12(2)19-11)15-8-7-13-5-3-4-6-14(13)16(15)17/h3-6,11-12,15-16H,7-10,17H2,1-2H3. The largest absolute Gasteiger partial charge is 0.373 e. The Morgan fingerprint density at radius 1 is 1.16 bits per heavy atom. The topological polar surface area (TPSA) is 38.5 Å². The lowest BCUT2D eigenvalue weighted by Crippen LogP contribution is -2.54. The smallest absolute Gasteiger partial charge is 0.0678 e. The number of nitrogens with two attached hydrogens (primary N) is 1. The van der Waals surface area contributed by atoms with Gasteiger partial charge in [-0.2, -0.15) is 0 Å². The molecule has 0 bridgehead atoms. The van der Waals surface area contributed by atoms with Crippen LogP contribution in [0, 0.1) is 0 Å². The molecule has 0 radical (unpaired) electrons. The van der Waals surface area contributed by atoms with Gasteiger partial charge in [0.2, 0.25) is 0 Å². The third kappa shape index (κ3) is 2.55. The maximum atomic E-state index is 6.53. The molecule has 2 N–H and O–H groups in total. The van der Waals surface area contributed by atoms with Gasteiger partial charge in [-0.1, -0.05) is 24.3 Å². The molecule has 1 aliphatic carbocycles. The molecule has 3 nitrogen and oxygen atoms in total. The van der Waals surface area contributed by atoms with E-state index in [4.69, 9.17) is 10.5 Å². The minimum atomic E-state index is 0.141. The van der Waals surface area contributed by atoms with Crippen LogP contribution in [0.15, 0.2) is 24.3 Å². The summed E-state index contributed by atoms with van der Waals surface area (Å²) < 4.78 is 5.83. The van der Waals surface area contributed by atoms with Crippen molar-refractivity contribution in [3.63, 3.8) is 0 Å². The molecule has 0 aromatic heterocycles. The van der Waals surface area contributed by atoms with Gasteiger partial charge in [-0.25, -0.2) is 0 Å². The lowest BCUT2D eigenvalue weighted by Gasteiger charge is -2.44. The summed E-state index contributed by atoms with van der Waals surface area (Å²) in [6.45, 7) is 6.33. The first kappa shape index (κ1) is 13.1. The van der Waals surface area contributed by atoms with Gasteiger partial charge in [0.15, 0.2) is 0 Å². The highest BCUT2D eigenvalue weighted by molar-refractivity contribution is 5.33. The van der Waals surface area contributed by atoms with Crippen LogP contribution in [-0.2, 0) is 11.2 Å². The number of hydrogen-bond acceptors (Lipinski definition) is 3. The van der Waals surface area contributed by atoms with E-state index in [0.717, 1.165) is 25.9 Å². The van der Waals surface area contributed by atoms with Crippen molar-refractivity contribution in [1.82, 2.24) is 4.90 Å². The van der Waals surface area contributed by atoms with Gasteiger partial charge < -0.3 is 10.5 Å². The summed E-state index contributed by atoms with van der Waals surface area (Å²) in [5, 5.41) is 0. The monoisotopic (exact) mass is 260 g/mol.